The molecule has 11 heteroatoms. The third kappa shape index (κ3) is 10.8. The molecule has 0 amide bonds. The fourth-order valence-electron chi connectivity index (χ4n) is 2.61. The number of hydrogen-bond donors (Lipinski definition) is 3. The number of amidine groups is 1. The van der Waals surface area contributed by atoms with Crippen molar-refractivity contribution in [3.05, 3.63) is 42.2 Å². The van der Waals surface area contributed by atoms with Crippen molar-refractivity contribution in [2.45, 2.75) is 20.0 Å². The fraction of sp³-hybridized carbons (Fsp3) is 0.524. The van der Waals surface area contributed by atoms with E-state index in [1.165, 1.54) is 0 Å². The maximum absolute atomic E-state index is 7.01. The van der Waals surface area contributed by atoms with Crippen molar-refractivity contribution in [1.29, 1.82) is 5.41 Å². The molecule has 0 saturated carbocycles. The number of nitrogens with zero attached hydrogens (tertiary/aromatic N) is 5. The van der Waals surface area contributed by atoms with Crippen molar-refractivity contribution in [2.75, 3.05) is 53.2 Å². The lowest BCUT2D eigenvalue weighted by Crippen LogP contribution is -2.33. The van der Waals surface area contributed by atoms with E-state index in [1.54, 1.807) is 4.68 Å². The normalized spacial score (nSPS) is 11.5. The van der Waals surface area contributed by atoms with Gasteiger partial charge in [0.2, 0.25) is 0 Å². The number of para-hydroxylation sites is 1. The van der Waals surface area contributed by atoms with Gasteiger partial charge in [-0.2, -0.15) is 0 Å². The molecule has 0 bridgehead atoms. The van der Waals surface area contributed by atoms with E-state index in [1.807, 2.05) is 55.4 Å². The Kier molecular flexibility index (Phi) is 11.7. The van der Waals surface area contributed by atoms with E-state index in [4.69, 9.17) is 25.4 Å². The van der Waals surface area contributed by atoms with Crippen molar-refractivity contribution in [2.24, 2.45) is 10.7 Å². The highest BCUT2D eigenvalue weighted by atomic mass is 16.5. The number of benzene rings is 1. The summed E-state index contributed by atoms with van der Waals surface area (Å²) in [6.45, 7) is 6.75. The van der Waals surface area contributed by atoms with E-state index in [2.05, 4.69) is 20.6 Å². The molecule has 0 aliphatic carbocycles. The summed E-state index contributed by atoms with van der Waals surface area (Å²) < 4.78 is 18.1. The Morgan fingerprint density at radius 3 is 2.44 bits per heavy atom. The highest BCUT2D eigenvalue weighted by Gasteiger charge is 2.07. The third-order valence-corrected chi connectivity index (χ3v) is 4.36. The van der Waals surface area contributed by atoms with Gasteiger partial charge in [0.05, 0.1) is 64.6 Å². The number of guanidine groups is 1. The highest BCUT2D eigenvalue weighted by molar-refractivity contribution is 5.82. The maximum atomic E-state index is 7.01. The Labute approximate surface area is 189 Å². The second-order valence-electron chi connectivity index (χ2n) is 7.00. The van der Waals surface area contributed by atoms with E-state index in [0.717, 1.165) is 17.2 Å². The first-order valence-corrected chi connectivity index (χ1v) is 10.6. The van der Waals surface area contributed by atoms with Gasteiger partial charge < -0.3 is 30.2 Å². The molecule has 11 nitrogen and oxygen atoms in total. The zero-order valence-corrected chi connectivity index (χ0v) is 18.9. The second kappa shape index (κ2) is 14.9. The lowest BCUT2D eigenvalue weighted by Gasteiger charge is -2.16. The van der Waals surface area contributed by atoms with Crippen LogP contribution in [0.3, 0.4) is 0 Å². The number of nitrogens with one attached hydrogen (secondary N) is 2. The average molecular weight is 447 g/mol. The van der Waals surface area contributed by atoms with Gasteiger partial charge in [-0.05, 0) is 19.1 Å². The molecule has 4 N–H and O–H groups in total. The molecule has 0 spiro atoms. The summed E-state index contributed by atoms with van der Waals surface area (Å²) in [6, 6.07) is 9.87. The van der Waals surface area contributed by atoms with Gasteiger partial charge in [-0.15, -0.1) is 5.10 Å². The standard InChI is InChI=1S/C21H34N8O3/c1-18(25-19-6-4-3-5-7-19)28(2)16-20-17-29(27-26-20)9-11-31-13-15-32-14-12-30-10-8-24-21(22)23/h3-7,17H,8-16H2,1-2H3,(H4,22,23,24)/b25-18-. The van der Waals surface area contributed by atoms with Crippen molar-refractivity contribution >= 4 is 17.5 Å². The van der Waals surface area contributed by atoms with Crippen LogP contribution >= 0.6 is 0 Å². The Bertz CT molecular complexity index is 812. The summed E-state index contributed by atoms with van der Waals surface area (Å²) in [4.78, 5) is 6.65. The number of hydrogen-bond acceptors (Lipinski definition) is 7. The first kappa shape index (κ1) is 25.2. The fourth-order valence-corrected chi connectivity index (χ4v) is 2.61. The van der Waals surface area contributed by atoms with Crippen LogP contribution in [0.4, 0.5) is 5.69 Å². The van der Waals surface area contributed by atoms with E-state index >= 15 is 0 Å². The van der Waals surface area contributed by atoms with Gasteiger partial charge in [0.15, 0.2) is 5.96 Å². The van der Waals surface area contributed by atoms with Crippen LogP contribution in [0.15, 0.2) is 41.5 Å². The monoisotopic (exact) mass is 446 g/mol. The molecule has 176 valence electrons. The van der Waals surface area contributed by atoms with Gasteiger partial charge in [0.25, 0.3) is 0 Å². The van der Waals surface area contributed by atoms with Crippen LogP contribution in [0.25, 0.3) is 0 Å². The van der Waals surface area contributed by atoms with Crippen LogP contribution < -0.4 is 11.1 Å². The number of ether oxygens (including phenoxy) is 3. The maximum Gasteiger partial charge on any atom is 0.185 e. The lowest BCUT2D eigenvalue weighted by atomic mass is 10.3. The molecule has 0 aliphatic rings. The minimum atomic E-state index is -0.0557. The summed E-state index contributed by atoms with van der Waals surface area (Å²) in [7, 11) is 1.98. The summed E-state index contributed by atoms with van der Waals surface area (Å²) >= 11 is 0. The number of nitrogens with two attached hydrogens (primary N) is 1. The van der Waals surface area contributed by atoms with Crippen molar-refractivity contribution in [1.82, 2.24) is 25.2 Å². The Morgan fingerprint density at radius 1 is 1.09 bits per heavy atom. The molecule has 1 aromatic heterocycles. The average Bonchev–Trinajstić information content (AvgIpc) is 3.22. The van der Waals surface area contributed by atoms with Crippen molar-refractivity contribution < 1.29 is 14.2 Å². The molecule has 1 heterocycles. The van der Waals surface area contributed by atoms with E-state index < -0.39 is 0 Å². The molecule has 0 radical (unpaired) electrons. The molecule has 2 aromatic rings. The van der Waals surface area contributed by atoms with Crippen LogP contribution in [0, 0.1) is 5.41 Å². The molecule has 0 unspecified atom stereocenters. The predicted octanol–water partition coefficient (Wildman–Crippen LogP) is 0.993. The van der Waals surface area contributed by atoms with Crippen LogP contribution in [0.1, 0.15) is 12.6 Å². The summed E-state index contributed by atoms with van der Waals surface area (Å²) in [5.74, 6) is 0.854. The quantitative estimate of drug-likeness (QED) is 0.209. The van der Waals surface area contributed by atoms with Crippen LogP contribution in [0.5, 0.6) is 0 Å². The molecular formula is C21H34N8O3. The van der Waals surface area contributed by atoms with Crippen molar-refractivity contribution in [3.8, 4) is 0 Å². The van der Waals surface area contributed by atoms with E-state index in [9.17, 15) is 0 Å². The highest BCUT2D eigenvalue weighted by Crippen LogP contribution is 2.11. The number of aromatic nitrogens is 3. The van der Waals surface area contributed by atoms with E-state index in [0.29, 0.717) is 59.3 Å². The van der Waals surface area contributed by atoms with Gasteiger partial charge in [-0.25, -0.2) is 9.67 Å². The topological polar surface area (TPSA) is 136 Å². The molecule has 0 atom stereocenters. The van der Waals surface area contributed by atoms with Gasteiger partial charge in [-0.1, -0.05) is 23.4 Å². The SMILES string of the molecule is C/C(=N/c1ccccc1)N(C)Cc1cn(CCOCCOCCOCCNC(=N)N)nn1. The number of aliphatic imine (C=N–C) groups is 1. The molecule has 32 heavy (non-hydrogen) atoms. The zero-order valence-electron chi connectivity index (χ0n) is 18.9. The minimum Gasteiger partial charge on any atom is -0.377 e. The Balaban J connectivity index is 1.52. The van der Waals surface area contributed by atoms with Gasteiger partial charge in [0, 0.05) is 13.6 Å². The third-order valence-electron chi connectivity index (χ3n) is 4.36. The largest absolute Gasteiger partial charge is 0.377 e. The zero-order chi connectivity index (χ0) is 23.0. The summed E-state index contributed by atoms with van der Waals surface area (Å²) in [5, 5.41) is 18.1. The first-order valence-electron chi connectivity index (χ1n) is 10.6. The molecular weight excluding hydrogens is 412 g/mol. The van der Waals surface area contributed by atoms with Crippen molar-refractivity contribution in [3.63, 3.8) is 0 Å². The predicted molar refractivity (Wildman–Crippen MR) is 123 cm³/mol. The summed E-state index contributed by atoms with van der Waals surface area (Å²) in [6.07, 6.45) is 1.92. The Morgan fingerprint density at radius 2 is 1.75 bits per heavy atom. The molecule has 0 fully saturated rings. The molecule has 0 aliphatic heterocycles. The van der Waals surface area contributed by atoms with Gasteiger partial charge >= 0.3 is 0 Å². The lowest BCUT2D eigenvalue weighted by molar-refractivity contribution is 0.0137. The minimum absolute atomic E-state index is 0.0557. The smallest absolute Gasteiger partial charge is 0.185 e. The molecule has 0 saturated heterocycles. The van der Waals surface area contributed by atoms with Crippen LogP contribution in [-0.4, -0.2) is 84.9 Å². The van der Waals surface area contributed by atoms with Gasteiger partial charge in [-0.3, -0.25) is 5.41 Å². The van der Waals surface area contributed by atoms with E-state index in [-0.39, 0.29) is 5.96 Å². The number of rotatable bonds is 15. The van der Waals surface area contributed by atoms with Crippen LogP contribution in [-0.2, 0) is 27.3 Å². The molecule has 1 aromatic carbocycles. The van der Waals surface area contributed by atoms with Crippen LogP contribution in [0.2, 0.25) is 0 Å². The summed E-state index contributed by atoms with van der Waals surface area (Å²) in [5.41, 5.74) is 6.97. The van der Waals surface area contributed by atoms with Gasteiger partial charge in [0.1, 0.15) is 11.5 Å². The first-order chi connectivity index (χ1) is 15.5. The second-order valence-corrected chi connectivity index (χ2v) is 7.00. The Hall–Kier alpha value is -3.02. The molecule has 2 rings (SSSR count).